The second-order valence-electron chi connectivity index (χ2n) is 18.4. The predicted molar refractivity (Wildman–Crippen MR) is 238 cm³/mol. The maximum Gasteiger partial charge on any atom is 0.530 e. The van der Waals surface area contributed by atoms with Crippen LogP contribution in [0.5, 0.6) is 11.6 Å². The largest absolute Gasteiger partial charge is 0.530 e. The van der Waals surface area contributed by atoms with Gasteiger partial charge < -0.3 is 18.9 Å². The number of pyridine rings is 1. The van der Waals surface area contributed by atoms with Crippen molar-refractivity contribution in [3.05, 3.63) is 54.6 Å². The van der Waals surface area contributed by atoms with E-state index in [2.05, 4.69) is 17.4 Å². The molecule has 1 N–H and O–H groups in total. The number of phosphoric acid groups is 1. The SMILES string of the molecule is C=C[C@@H]1C[C@]1(CC(=O)[C@@H]1C[C@@H]2CN1C(=O)[C@H](C1CCCC1)CC(=O)O[C@@H]1CCC[C@H]1CC/C=C/Cc1c(nc3ccccc3c1OP(=O)(OCC)OCC)O2)C(=O)NS(=O)(=O)C1CC1. The number of para-hydroxylation sites is 1. The molecule has 2 amide bonds. The lowest BCUT2D eigenvalue weighted by Crippen LogP contribution is -2.47. The Hall–Kier alpha value is -4.11. The van der Waals surface area contributed by atoms with Gasteiger partial charge in [-0.1, -0.05) is 43.2 Å². The number of nitrogens with one attached hydrogen (secondary N) is 1. The number of carbonyl (C=O) groups is 4. The Morgan fingerprint density at radius 2 is 1.72 bits per heavy atom. The molecule has 2 bridgehead atoms. The summed E-state index contributed by atoms with van der Waals surface area (Å²) in [7, 11) is -8.04. The molecule has 8 rings (SSSR count). The van der Waals surface area contributed by atoms with Crippen molar-refractivity contribution >= 4 is 52.3 Å². The van der Waals surface area contributed by atoms with Crippen molar-refractivity contribution in [1.29, 1.82) is 0 Å². The number of allylic oxidation sites excluding steroid dienone is 3. The highest BCUT2D eigenvalue weighted by Gasteiger charge is 2.61. The summed E-state index contributed by atoms with van der Waals surface area (Å²) in [5, 5.41) is -0.0803. The third kappa shape index (κ3) is 10.00. The Morgan fingerprint density at radius 1 is 0.984 bits per heavy atom. The average Bonchev–Trinajstić information content (AvgIpc) is 4.05. The molecular weight excluding hydrogens is 862 g/mol. The lowest BCUT2D eigenvalue weighted by molar-refractivity contribution is -0.156. The van der Waals surface area contributed by atoms with Gasteiger partial charge in [0.1, 0.15) is 18.0 Å². The topological polar surface area (TPSA) is 194 Å². The number of Topliss-reactive ketones (excluding diaryl/α,β-unsaturated/α-hetero) is 1. The molecule has 3 heterocycles. The Labute approximate surface area is 376 Å². The van der Waals surface area contributed by atoms with Crippen LogP contribution in [0.15, 0.2) is 49.1 Å². The molecule has 4 saturated carbocycles. The maximum absolute atomic E-state index is 15.2. The number of ketones is 1. The maximum atomic E-state index is 15.2. The summed E-state index contributed by atoms with van der Waals surface area (Å²) in [6.07, 6.45) is 13.0. The number of ether oxygens (including phenoxy) is 2. The first kappa shape index (κ1) is 46.4. The molecule has 2 aliphatic heterocycles. The molecule has 1 aromatic heterocycles. The minimum Gasteiger partial charge on any atom is -0.472 e. The highest BCUT2D eigenvalue weighted by atomic mass is 32.2. The molecule has 5 fully saturated rings. The van der Waals surface area contributed by atoms with E-state index in [1.54, 1.807) is 32.1 Å². The molecule has 15 nitrogen and oxygen atoms in total. The number of sulfonamides is 1. The molecule has 1 aromatic carbocycles. The van der Waals surface area contributed by atoms with Crippen molar-refractivity contribution in [2.75, 3.05) is 19.8 Å². The van der Waals surface area contributed by atoms with Crippen molar-refractivity contribution in [3.63, 3.8) is 0 Å². The van der Waals surface area contributed by atoms with E-state index < -0.39 is 70.2 Å². The van der Waals surface area contributed by atoms with Crippen molar-refractivity contribution < 1.29 is 55.2 Å². The second kappa shape index (κ2) is 19.4. The van der Waals surface area contributed by atoms with Crippen molar-refractivity contribution in [2.24, 2.45) is 29.1 Å². The summed E-state index contributed by atoms with van der Waals surface area (Å²) in [6, 6.07) is 6.15. The minimum absolute atomic E-state index is 0.0311. The van der Waals surface area contributed by atoms with Gasteiger partial charge in [-0.3, -0.25) is 32.9 Å². The fraction of sp³-hybridized carbons (Fsp3) is 0.638. The highest BCUT2D eigenvalue weighted by molar-refractivity contribution is 7.90. The molecule has 64 heavy (non-hydrogen) atoms. The van der Waals surface area contributed by atoms with Crippen molar-refractivity contribution in [2.45, 2.75) is 140 Å². The van der Waals surface area contributed by atoms with Gasteiger partial charge in [-0.05, 0) is 114 Å². The normalized spacial score (nSPS) is 29.8. The number of aromatic nitrogens is 1. The smallest absolute Gasteiger partial charge is 0.472 e. The third-order valence-electron chi connectivity index (χ3n) is 14.2. The standard InChI is InChI=1S/C47H62N3O12PS/c1-4-32-27-47(32,46(54)49-64(56,57)34-23-24-34)28-40(51)39-25-33-29-50(39)45(53)37(30-15-10-11-16-30)26-42(52)61-41-22-14-18-31(41)17-8-7-9-20-36-43(62-63(55,58-5-2)59-6-3)35-19-12-13-21-38(35)48-44(36)60-33/h4,7,9,12-13,19,21,30-34,37,39,41H,1,5-6,8,10-11,14-18,20,22-29H2,2-3H3,(H,49,54)/b9-7+/t31-,32-,33-,37+,39+,41-,47-/m1/s1. The molecule has 7 atom stereocenters. The van der Waals surface area contributed by atoms with Crippen LogP contribution in [0.1, 0.15) is 116 Å². The van der Waals surface area contributed by atoms with E-state index in [0.29, 0.717) is 35.7 Å². The summed E-state index contributed by atoms with van der Waals surface area (Å²) in [6.45, 7) is 7.35. The number of hydrogen-bond donors (Lipinski definition) is 1. The third-order valence-corrected chi connectivity index (χ3v) is 17.5. The summed E-state index contributed by atoms with van der Waals surface area (Å²) >= 11 is 0. The average molecular weight is 924 g/mol. The minimum atomic E-state index is -4.13. The zero-order valence-electron chi connectivity index (χ0n) is 37.0. The first-order chi connectivity index (χ1) is 30.8. The van der Waals surface area contributed by atoms with Crippen LogP contribution in [0.25, 0.3) is 10.9 Å². The zero-order valence-corrected chi connectivity index (χ0v) is 38.7. The lowest BCUT2D eigenvalue weighted by Gasteiger charge is -2.31. The first-order valence-electron chi connectivity index (χ1n) is 23.3. The molecule has 1 saturated heterocycles. The monoisotopic (exact) mass is 923 g/mol. The number of nitrogens with zero attached hydrogens (tertiary/aromatic N) is 2. The molecule has 6 aliphatic rings. The molecular formula is C47H62N3O12PS. The van der Waals surface area contributed by atoms with Crippen LogP contribution in [0, 0.1) is 29.1 Å². The van der Waals surface area contributed by atoms with E-state index in [1.807, 2.05) is 18.2 Å². The summed E-state index contributed by atoms with van der Waals surface area (Å²) in [5.41, 5.74) is -0.390. The van der Waals surface area contributed by atoms with Gasteiger partial charge in [0, 0.05) is 18.2 Å². The fourth-order valence-electron chi connectivity index (χ4n) is 10.5. The van der Waals surface area contributed by atoms with Gasteiger partial charge >= 0.3 is 13.8 Å². The number of hydrogen-bond acceptors (Lipinski definition) is 13. The van der Waals surface area contributed by atoms with Crippen LogP contribution in [0.3, 0.4) is 0 Å². The van der Waals surface area contributed by atoms with Gasteiger partial charge in [0.05, 0.1) is 59.9 Å². The number of benzene rings is 1. The number of fused-ring (bicyclic) bond motifs is 5. The molecule has 17 heteroatoms. The van der Waals surface area contributed by atoms with Crippen LogP contribution in [-0.2, 0) is 54.0 Å². The van der Waals surface area contributed by atoms with E-state index in [9.17, 15) is 27.4 Å². The van der Waals surface area contributed by atoms with Crippen LogP contribution >= 0.6 is 7.82 Å². The molecule has 4 aliphatic carbocycles. The van der Waals surface area contributed by atoms with E-state index in [1.165, 1.54) is 4.90 Å². The molecule has 0 spiro atoms. The predicted octanol–water partition coefficient (Wildman–Crippen LogP) is 7.70. The number of carbonyl (C=O) groups excluding carboxylic acids is 4. The molecule has 2 aromatic rings. The van der Waals surface area contributed by atoms with E-state index in [0.717, 1.165) is 51.4 Å². The van der Waals surface area contributed by atoms with Gasteiger partial charge in [0.15, 0.2) is 5.78 Å². The van der Waals surface area contributed by atoms with Gasteiger partial charge in [0.2, 0.25) is 27.7 Å². The van der Waals surface area contributed by atoms with Crippen LogP contribution in [-0.4, -0.2) is 85.1 Å². The van der Waals surface area contributed by atoms with Crippen molar-refractivity contribution in [3.8, 4) is 11.6 Å². The summed E-state index contributed by atoms with van der Waals surface area (Å²) < 4.78 is 72.6. The first-order valence-corrected chi connectivity index (χ1v) is 26.3. The highest BCUT2D eigenvalue weighted by Crippen LogP contribution is 2.57. The number of esters is 1. The quantitative estimate of drug-likeness (QED) is 0.110. The Morgan fingerprint density at radius 3 is 2.42 bits per heavy atom. The van der Waals surface area contributed by atoms with Gasteiger partial charge in [-0.15, -0.1) is 6.58 Å². The van der Waals surface area contributed by atoms with Gasteiger partial charge in [0.25, 0.3) is 0 Å². The van der Waals surface area contributed by atoms with Crippen LogP contribution in [0.4, 0.5) is 0 Å². The van der Waals surface area contributed by atoms with Crippen molar-refractivity contribution in [1.82, 2.24) is 14.6 Å². The van der Waals surface area contributed by atoms with Crippen LogP contribution in [0.2, 0.25) is 0 Å². The number of phosphoric ester groups is 1. The second-order valence-corrected chi connectivity index (χ2v) is 22.0. The van der Waals surface area contributed by atoms with E-state index >= 15 is 4.79 Å². The summed E-state index contributed by atoms with van der Waals surface area (Å²) in [4.78, 5) is 64.1. The Balaban J connectivity index is 1.19. The Kier molecular flexibility index (Phi) is 14.1. The molecule has 0 unspecified atom stereocenters. The lowest BCUT2D eigenvalue weighted by atomic mass is 9.86. The van der Waals surface area contributed by atoms with Gasteiger partial charge in [-0.25, -0.2) is 18.0 Å². The number of amides is 2. The van der Waals surface area contributed by atoms with E-state index in [4.69, 9.17) is 28.0 Å². The van der Waals surface area contributed by atoms with Crippen LogP contribution < -0.4 is 14.0 Å². The zero-order chi connectivity index (χ0) is 45.2. The summed E-state index contributed by atoms with van der Waals surface area (Å²) in [5.74, 6) is -2.66. The van der Waals surface area contributed by atoms with E-state index in [-0.39, 0.29) is 87.3 Å². The number of rotatable bonds is 14. The molecule has 0 radical (unpaired) electrons. The fourth-order valence-corrected chi connectivity index (χ4v) is 13.2. The Bertz CT molecular complexity index is 2300. The molecule has 348 valence electrons. The van der Waals surface area contributed by atoms with Gasteiger partial charge in [-0.2, -0.15) is 0 Å².